The fourth-order valence-electron chi connectivity index (χ4n) is 4.03. The predicted octanol–water partition coefficient (Wildman–Crippen LogP) is 1.15. The minimum Gasteiger partial charge on any atom is -0.466 e. The van der Waals surface area contributed by atoms with Gasteiger partial charge >= 0.3 is 5.97 Å². The number of nitrogens with two attached hydrogens (primary N) is 1. The lowest BCUT2D eigenvalue weighted by atomic mass is 9.88. The lowest BCUT2D eigenvalue weighted by molar-refractivity contribution is -0.170. The highest BCUT2D eigenvalue weighted by Gasteiger charge is 2.42. The van der Waals surface area contributed by atoms with Crippen LogP contribution in [0.25, 0.3) is 0 Å². The third-order valence-corrected chi connectivity index (χ3v) is 5.85. The Kier molecular flexibility index (Phi) is 7.27. The molecule has 2 amide bonds. The second-order valence-corrected chi connectivity index (χ2v) is 7.98. The van der Waals surface area contributed by atoms with Crippen molar-refractivity contribution in [3.05, 3.63) is 35.4 Å². The van der Waals surface area contributed by atoms with E-state index in [1.807, 2.05) is 0 Å². The molecule has 0 unspecified atom stereocenters. The summed E-state index contributed by atoms with van der Waals surface area (Å²) in [7, 11) is 0. The van der Waals surface area contributed by atoms with Crippen LogP contribution in [0.1, 0.15) is 48.5 Å². The summed E-state index contributed by atoms with van der Waals surface area (Å²) in [6.45, 7) is 4.20. The predicted molar refractivity (Wildman–Crippen MR) is 114 cm³/mol. The minimum absolute atomic E-state index is 0.0276. The number of esters is 1. The fraction of sp³-hybridized carbons (Fsp3) is 0.545. The van der Waals surface area contributed by atoms with Crippen molar-refractivity contribution in [2.75, 3.05) is 39.4 Å². The highest BCUT2D eigenvalue weighted by atomic mass is 16.5. The van der Waals surface area contributed by atoms with Gasteiger partial charge in [-0.3, -0.25) is 19.8 Å². The molecule has 2 saturated heterocycles. The van der Waals surface area contributed by atoms with Gasteiger partial charge in [0, 0.05) is 43.7 Å². The van der Waals surface area contributed by atoms with Crippen LogP contribution in [-0.4, -0.2) is 78.4 Å². The number of morpholine rings is 1. The Balaban J connectivity index is 1.53. The molecule has 9 heteroatoms. The Labute approximate surface area is 182 Å². The van der Waals surface area contributed by atoms with E-state index in [1.165, 1.54) is 0 Å². The summed E-state index contributed by atoms with van der Waals surface area (Å²) >= 11 is 0. The maximum Gasteiger partial charge on any atom is 0.305 e. The van der Waals surface area contributed by atoms with Crippen molar-refractivity contribution in [1.29, 1.82) is 5.41 Å². The zero-order valence-electron chi connectivity index (χ0n) is 17.9. The van der Waals surface area contributed by atoms with Crippen LogP contribution in [0.4, 0.5) is 0 Å². The number of rotatable bonds is 7. The molecule has 31 heavy (non-hydrogen) atoms. The summed E-state index contributed by atoms with van der Waals surface area (Å²) in [5.41, 5.74) is 6.15. The van der Waals surface area contributed by atoms with E-state index >= 15 is 0 Å². The highest BCUT2D eigenvalue weighted by molar-refractivity contribution is 5.98. The smallest absolute Gasteiger partial charge is 0.305 e. The molecular weight excluding hydrogens is 400 g/mol. The third kappa shape index (κ3) is 5.61. The van der Waals surface area contributed by atoms with Gasteiger partial charge in [-0.15, -0.1) is 0 Å². The van der Waals surface area contributed by atoms with Crippen molar-refractivity contribution >= 4 is 23.6 Å². The quantitative estimate of drug-likeness (QED) is 0.380. The maximum absolute atomic E-state index is 12.8. The molecule has 0 bridgehead atoms. The molecular formula is C22H30N4O5. The molecule has 0 saturated carbocycles. The molecule has 0 radical (unpaired) electrons. The molecule has 9 nitrogen and oxygen atoms in total. The van der Waals surface area contributed by atoms with Crippen molar-refractivity contribution in [3.8, 4) is 0 Å². The van der Waals surface area contributed by atoms with Crippen LogP contribution in [0.5, 0.6) is 0 Å². The topological polar surface area (TPSA) is 126 Å². The summed E-state index contributed by atoms with van der Waals surface area (Å²) in [6, 6.07) is 6.71. The lowest BCUT2D eigenvalue weighted by Gasteiger charge is -2.47. The Hall–Kier alpha value is -2.94. The zero-order valence-corrected chi connectivity index (χ0v) is 17.9. The number of hydrogen-bond acceptors (Lipinski definition) is 6. The van der Waals surface area contributed by atoms with E-state index < -0.39 is 5.60 Å². The van der Waals surface area contributed by atoms with Crippen LogP contribution in [0.3, 0.4) is 0 Å². The van der Waals surface area contributed by atoms with Crippen molar-refractivity contribution < 1.29 is 23.9 Å². The molecule has 2 aliphatic rings. The molecule has 168 valence electrons. The van der Waals surface area contributed by atoms with E-state index in [0.717, 1.165) is 0 Å². The summed E-state index contributed by atoms with van der Waals surface area (Å²) in [5.74, 6) is -0.419. The van der Waals surface area contributed by atoms with Gasteiger partial charge in [0.15, 0.2) is 0 Å². The van der Waals surface area contributed by atoms with Crippen molar-refractivity contribution in [2.24, 2.45) is 5.73 Å². The standard InChI is InChI=1S/C22H30N4O5/c1-2-30-19(28)4-3-11-26-15-22(31-14-18(26)27)9-12-25(13-10-22)21(29)17-7-5-16(6-8-17)20(23)24/h5-8H,2-4,9-15H2,1H3,(H3,23,24). The van der Waals surface area contributed by atoms with E-state index in [2.05, 4.69) is 0 Å². The molecule has 0 atom stereocenters. The van der Waals surface area contributed by atoms with Crippen LogP contribution in [-0.2, 0) is 19.1 Å². The van der Waals surface area contributed by atoms with Gasteiger partial charge in [0.2, 0.25) is 5.91 Å². The number of amidine groups is 1. The van der Waals surface area contributed by atoms with Crippen LogP contribution in [0.15, 0.2) is 24.3 Å². The number of nitrogens with zero attached hydrogens (tertiary/aromatic N) is 2. The maximum atomic E-state index is 12.8. The van der Waals surface area contributed by atoms with E-state index in [-0.39, 0.29) is 36.6 Å². The molecule has 1 spiro atoms. The summed E-state index contributed by atoms with van der Waals surface area (Å²) in [4.78, 5) is 40.2. The first-order valence-electron chi connectivity index (χ1n) is 10.6. The van der Waals surface area contributed by atoms with Crippen molar-refractivity contribution in [3.63, 3.8) is 0 Å². The highest BCUT2D eigenvalue weighted by Crippen LogP contribution is 2.31. The van der Waals surface area contributed by atoms with Gasteiger partial charge < -0.3 is 25.0 Å². The molecule has 2 aliphatic heterocycles. The van der Waals surface area contributed by atoms with Gasteiger partial charge in [0.1, 0.15) is 12.4 Å². The summed E-state index contributed by atoms with van der Waals surface area (Å²) < 4.78 is 10.9. The largest absolute Gasteiger partial charge is 0.466 e. The normalized spacial score (nSPS) is 18.2. The first-order valence-corrected chi connectivity index (χ1v) is 10.6. The van der Waals surface area contributed by atoms with Crippen LogP contribution >= 0.6 is 0 Å². The van der Waals surface area contributed by atoms with Gasteiger partial charge in [-0.1, -0.05) is 12.1 Å². The van der Waals surface area contributed by atoms with E-state index in [1.54, 1.807) is 41.0 Å². The number of ether oxygens (including phenoxy) is 2. The number of nitrogen functional groups attached to an aromatic ring is 1. The number of carbonyl (C=O) groups is 3. The molecule has 1 aromatic rings. The summed E-state index contributed by atoms with van der Waals surface area (Å²) in [5, 5.41) is 7.45. The molecule has 1 aromatic carbocycles. The number of nitrogens with one attached hydrogen (secondary N) is 1. The molecule has 3 N–H and O–H groups in total. The average molecular weight is 431 g/mol. The Morgan fingerprint density at radius 2 is 1.84 bits per heavy atom. The molecule has 0 aromatic heterocycles. The van der Waals surface area contributed by atoms with Gasteiger partial charge in [-0.25, -0.2) is 0 Å². The number of hydrogen-bond donors (Lipinski definition) is 2. The number of carbonyl (C=O) groups excluding carboxylic acids is 3. The van der Waals surface area contributed by atoms with Crippen molar-refractivity contribution in [2.45, 2.75) is 38.2 Å². The van der Waals surface area contributed by atoms with Crippen molar-refractivity contribution in [1.82, 2.24) is 9.80 Å². The first kappa shape index (κ1) is 22.7. The molecule has 2 heterocycles. The molecule has 2 fully saturated rings. The molecule has 0 aliphatic carbocycles. The van der Waals surface area contributed by atoms with Gasteiger partial charge in [0.25, 0.3) is 5.91 Å². The number of likely N-dealkylation sites (tertiary alicyclic amines) is 1. The van der Waals surface area contributed by atoms with E-state index in [0.29, 0.717) is 63.2 Å². The fourth-order valence-corrected chi connectivity index (χ4v) is 4.03. The zero-order chi connectivity index (χ0) is 22.4. The number of benzene rings is 1. The summed E-state index contributed by atoms with van der Waals surface area (Å²) in [6.07, 6.45) is 2.13. The molecule has 3 rings (SSSR count). The number of amides is 2. The van der Waals surface area contributed by atoms with Crippen LogP contribution in [0.2, 0.25) is 0 Å². The Bertz CT molecular complexity index is 831. The van der Waals surface area contributed by atoms with Crippen LogP contribution in [0, 0.1) is 5.41 Å². The second kappa shape index (κ2) is 9.91. The second-order valence-electron chi connectivity index (χ2n) is 7.98. The third-order valence-electron chi connectivity index (χ3n) is 5.85. The first-order chi connectivity index (χ1) is 14.8. The minimum atomic E-state index is -0.451. The monoisotopic (exact) mass is 430 g/mol. The average Bonchev–Trinajstić information content (AvgIpc) is 2.77. The van der Waals surface area contributed by atoms with Gasteiger partial charge in [-0.05, 0) is 38.3 Å². The lowest BCUT2D eigenvalue weighted by Crippen LogP contribution is -2.59. The SMILES string of the molecule is CCOC(=O)CCCN1CC2(CCN(C(=O)c3ccc(C(=N)N)cc3)CC2)OCC1=O. The van der Waals surface area contributed by atoms with E-state index in [4.69, 9.17) is 20.6 Å². The van der Waals surface area contributed by atoms with Gasteiger partial charge in [-0.2, -0.15) is 0 Å². The number of piperidine rings is 1. The van der Waals surface area contributed by atoms with Crippen LogP contribution < -0.4 is 5.73 Å². The van der Waals surface area contributed by atoms with Gasteiger partial charge in [0.05, 0.1) is 12.2 Å². The van der Waals surface area contributed by atoms with E-state index in [9.17, 15) is 14.4 Å². The Morgan fingerprint density at radius 1 is 1.19 bits per heavy atom. The Morgan fingerprint density at radius 3 is 2.45 bits per heavy atom.